The van der Waals surface area contributed by atoms with Gasteiger partial charge in [0.15, 0.2) is 5.25 Å². The fraction of sp³-hybridized carbons (Fsp3) is 0.231. The highest BCUT2D eigenvalue weighted by Crippen LogP contribution is 2.46. The molecule has 5 rings (SSSR count). The van der Waals surface area contributed by atoms with Gasteiger partial charge in [0.05, 0.1) is 6.04 Å². The lowest BCUT2D eigenvalue weighted by Crippen LogP contribution is -2.65. The zero-order chi connectivity index (χ0) is 24.0. The van der Waals surface area contributed by atoms with Gasteiger partial charge >= 0.3 is 11.9 Å². The van der Waals surface area contributed by atoms with Crippen LogP contribution in [0, 0.1) is 0 Å². The molecule has 174 valence electrons. The molecule has 1 aliphatic heterocycles. The van der Waals surface area contributed by atoms with Crippen LogP contribution in [0.5, 0.6) is 0 Å². The Hall–Kier alpha value is -3.49. The normalized spacial score (nSPS) is 21.7. The molecule has 0 bridgehead atoms. The molecule has 3 aromatic rings. The topological polar surface area (TPSA) is 101 Å². The Labute approximate surface area is 197 Å². The summed E-state index contributed by atoms with van der Waals surface area (Å²) in [6, 6.07) is 22.1. The van der Waals surface area contributed by atoms with Crippen LogP contribution in [0.2, 0.25) is 0 Å². The van der Waals surface area contributed by atoms with Crippen molar-refractivity contribution in [3.8, 4) is 11.1 Å². The van der Waals surface area contributed by atoms with E-state index in [0.29, 0.717) is 5.56 Å². The predicted octanol–water partition coefficient (Wildman–Crippen LogP) is 3.57. The Morgan fingerprint density at radius 1 is 0.912 bits per heavy atom. The Morgan fingerprint density at radius 2 is 1.44 bits per heavy atom. The Kier molecular flexibility index (Phi) is 5.50. The minimum absolute atomic E-state index is 0.00509. The molecule has 0 amide bonds. The van der Waals surface area contributed by atoms with E-state index < -0.39 is 39.3 Å². The molecule has 0 aromatic heterocycles. The third kappa shape index (κ3) is 3.41. The average Bonchev–Trinajstić information content (AvgIpc) is 3.15. The molecule has 8 heteroatoms. The second kappa shape index (κ2) is 8.38. The van der Waals surface area contributed by atoms with Crippen LogP contribution in [0.25, 0.3) is 11.1 Å². The minimum Gasteiger partial charge on any atom is -0.480 e. The number of fused-ring (bicyclic) bond motifs is 3. The van der Waals surface area contributed by atoms with E-state index in [0.717, 1.165) is 26.6 Å². The van der Waals surface area contributed by atoms with Crippen molar-refractivity contribution in [3.05, 3.63) is 95.6 Å². The van der Waals surface area contributed by atoms with Crippen LogP contribution in [0.1, 0.15) is 35.6 Å². The highest BCUT2D eigenvalue weighted by molar-refractivity contribution is 7.92. The van der Waals surface area contributed by atoms with E-state index in [2.05, 4.69) is 0 Å². The van der Waals surface area contributed by atoms with Gasteiger partial charge in [-0.2, -0.15) is 4.31 Å². The van der Waals surface area contributed by atoms with Crippen molar-refractivity contribution in [1.82, 2.24) is 4.31 Å². The first kappa shape index (κ1) is 22.3. The van der Waals surface area contributed by atoms with Crippen molar-refractivity contribution < 1.29 is 27.9 Å². The summed E-state index contributed by atoms with van der Waals surface area (Å²) in [5.41, 5.74) is 4.73. The number of ether oxygens (including phenoxy) is 1. The zero-order valence-electron chi connectivity index (χ0n) is 18.4. The third-order valence-corrected chi connectivity index (χ3v) is 8.87. The summed E-state index contributed by atoms with van der Waals surface area (Å²) < 4.78 is 32.7. The number of hydrogen-bond acceptors (Lipinski definition) is 5. The molecule has 2 unspecified atom stereocenters. The Balaban J connectivity index is 1.43. The van der Waals surface area contributed by atoms with Crippen LogP contribution < -0.4 is 0 Å². The summed E-state index contributed by atoms with van der Waals surface area (Å²) in [5, 5.41) is 7.95. The number of carbonyl (C=O) groups is 2. The second-order valence-electron chi connectivity index (χ2n) is 8.52. The molecule has 1 fully saturated rings. The van der Waals surface area contributed by atoms with Gasteiger partial charge in [-0.25, -0.2) is 8.42 Å². The van der Waals surface area contributed by atoms with E-state index in [9.17, 15) is 23.1 Å². The molecule has 1 saturated heterocycles. The van der Waals surface area contributed by atoms with Gasteiger partial charge in [0.2, 0.25) is 10.0 Å². The Morgan fingerprint density at radius 3 is 2.00 bits per heavy atom. The minimum atomic E-state index is -4.19. The maximum absolute atomic E-state index is 13.2. The van der Waals surface area contributed by atoms with Crippen LogP contribution in [0.4, 0.5) is 0 Å². The molecule has 0 spiro atoms. The number of aliphatic carboxylic acids is 1. The van der Waals surface area contributed by atoms with E-state index in [1.807, 2.05) is 48.5 Å². The molecule has 7 nitrogen and oxygen atoms in total. The molecule has 1 N–H and O–H groups in total. The molecule has 1 aliphatic carbocycles. The lowest BCUT2D eigenvalue weighted by Gasteiger charge is -2.47. The molecule has 0 radical (unpaired) electrons. The monoisotopic (exact) mass is 478 g/mol. The Bertz CT molecular complexity index is 1330. The summed E-state index contributed by atoms with van der Waals surface area (Å²) in [7, 11) is -4.19. The zero-order valence-corrected chi connectivity index (χ0v) is 19.2. The quantitative estimate of drug-likeness (QED) is 0.429. The summed E-state index contributed by atoms with van der Waals surface area (Å²) >= 11 is 0. The molecule has 3 atom stereocenters. The van der Waals surface area contributed by atoms with Crippen molar-refractivity contribution in [2.24, 2.45) is 0 Å². The van der Waals surface area contributed by atoms with Crippen LogP contribution in [0.15, 0.2) is 78.9 Å². The maximum Gasteiger partial charge on any atom is 0.327 e. The van der Waals surface area contributed by atoms with E-state index in [1.54, 1.807) is 30.3 Å². The van der Waals surface area contributed by atoms with Gasteiger partial charge in [0.25, 0.3) is 0 Å². The molecule has 34 heavy (non-hydrogen) atoms. The van der Waals surface area contributed by atoms with Crippen molar-refractivity contribution >= 4 is 22.0 Å². The molecule has 2 aliphatic rings. The maximum atomic E-state index is 13.2. The number of sulfonamides is 1. The van der Waals surface area contributed by atoms with Crippen LogP contribution in [0.3, 0.4) is 0 Å². The number of esters is 1. The molecule has 3 aromatic carbocycles. The van der Waals surface area contributed by atoms with E-state index in [4.69, 9.17) is 4.74 Å². The van der Waals surface area contributed by atoms with E-state index >= 15 is 0 Å². The van der Waals surface area contributed by atoms with E-state index in [-0.39, 0.29) is 12.5 Å². The van der Waals surface area contributed by atoms with Crippen molar-refractivity contribution in [2.75, 3.05) is 6.61 Å². The molecule has 1 heterocycles. The van der Waals surface area contributed by atoms with Gasteiger partial charge < -0.3 is 9.84 Å². The van der Waals surface area contributed by atoms with Gasteiger partial charge in [0, 0.05) is 5.92 Å². The van der Waals surface area contributed by atoms with Crippen LogP contribution in [-0.4, -0.2) is 47.7 Å². The van der Waals surface area contributed by atoms with Gasteiger partial charge in [-0.05, 0) is 34.7 Å². The predicted molar refractivity (Wildman–Crippen MR) is 126 cm³/mol. The molecule has 0 saturated carbocycles. The number of carbonyl (C=O) groups excluding carboxylic acids is 1. The summed E-state index contributed by atoms with van der Waals surface area (Å²) in [5.74, 6) is -2.36. The first-order valence-electron chi connectivity index (χ1n) is 11.0. The van der Waals surface area contributed by atoms with Gasteiger partial charge in [0.1, 0.15) is 12.6 Å². The molecular formula is C26H23NO6S. The summed E-state index contributed by atoms with van der Waals surface area (Å²) in [6.45, 7) is 1.29. The highest BCUT2D eigenvalue weighted by Gasteiger charge is 2.62. The number of rotatable bonds is 6. The van der Waals surface area contributed by atoms with Crippen LogP contribution in [-0.2, 0) is 24.3 Å². The standard InChI is InChI=1S/C26H23NO6S/c1-16(25(28)29)27-23(17-9-3-2-4-10-17)24(34(27,31)32)26(30)33-15-22-20-13-7-5-11-18(20)19-12-6-8-14-21(19)22/h2-14,16,22-24H,15H2,1H3,(H,28,29)/t16-,23?,24?/m0/s1/i23+1. The van der Waals surface area contributed by atoms with Gasteiger partial charge in [-0.15, -0.1) is 0 Å². The van der Waals surface area contributed by atoms with Crippen LogP contribution >= 0.6 is 0 Å². The summed E-state index contributed by atoms with van der Waals surface area (Å²) in [4.78, 5) is 24.8. The van der Waals surface area contributed by atoms with Crippen molar-refractivity contribution in [1.29, 1.82) is 0 Å². The van der Waals surface area contributed by atoms with Gasteiger partial charge in [-0.3, -0.25) is 9.59 Å². The largest absolute Gasteiger partial charge is 0.480 e. The van der Waals surface area contributed by atoms with Crippen molar-refractivity contribution in [3.63, 3.8) is 0 Å². The summed E-state index contributed by atoms with van der Waals surface area (Å²) in [6.07, 6.45) is 0. The fourth-order valence-corrected chi connectivity index (χ4v) is 7.09. The first-order valence-corrected chi connectivity index (χ1v) is 12.5. The first-order chi connectivity index (χ1) is 16.3. The SMILES string of the molecule is C[C@@H](C(=O)O)N1[13CH](c2ccccc2)C(C(=O)OCC2c3ccccc3-c3ccccc32)S1(=O)=O. The molecular weight excluding hydrogens is 455 g/mol. The fourth-order valence-electron chi connectivity index (χ4n) is 5.00. The lowest BCUT2D eigenvalue weighted by atomic mass is 9.98. The van der Waals surface area contributed by atoms with Gasteiger partial charge in [-0.1, -0.05) is 78.9 Å². The smallest absolute Gasteiger partial charge is 0.327 e. The number of benzene rings is 3. The number of carboxylic acids is 1. The lowest BCUT2D eigenvalue weighted by molar-refractivity contribution is -0.149. The van der Waals surface area contributed by atoms with Crippen molar-refractivity contribution in [2.45, 2.75) is 30.2 Å². The number of carboxylic acid groups (broad SMARTS) is 1. The number of hydrogen-bond donors (Lipinski definition) is 1. The second-order valence-corrected chi connectivity index (χ2v) is 10.5. The van der Waals surface area contributed by atoms with E-state index in [1.165, 1.54) is 6.92 Å². The highest BCUT2D eigenvalue weighted by atomic mass is 32.2. The third-order valence-electron chi connectivity index (χ3n) is 6.64. The number of nitrogens with zero attached hydrogens (tertiary/aromatic N) is 1. The average molecular weight is 479 g/mol.